The third kappa shape index (κ3) is 3.19. The number of carbonyl (C=O) groups is 2. The fourth-order valence-electron chi connectivity index (χ4n) is 2.34. The second-order valence-corrected chi connectivity index (χ2v) is 5.35. The fourth-order valence-corrected chi connectivity index (χ4v) is 2.61. The van der Waals surface area contributed by atoms with Crippen LogP contribution < -0.4 is 11.5 Å². The lowest BCUT2D eigenvalue weighted by atomic mass is 9.91. The van der Waals surface area contributed by atoms with Gasteiger partial charge in [0.1, 0.15) is 0 Å². The SMILES string of the molecule is CCC(C(=O)N1CC(C(N)=O)CCC1C)C(N)=S. The Morgan fingerprint density at radius 3 is 2.44 bits per heavy atom. The van der Waals surface area contributed by atoms with Gasteiger partial charge in [0.2, 0.25) is 11.8 Å². The number of thiocarbonyl (C=S) groups is 1. The van der Waals surface area contributed by atoms with Crippen molar-refractivity contribution < 1.29 is 9.59 Å². The van der Waals surface area contributed by atoms with Gasteiger partial charge in [-0.25, -0.2) is 0 Å². The van der Waals surface area contributed by atoms with E-state index in [1.54, 1.807) is 4.90 Å². The molecule has 0 bridgehead atoms. The molecule has 0 aromatic heterocycles. The highest BCUT2D eigenvalue weighted by molar-refractivity contribution is 7.80. The highest BCUT2D eigenvalue weighted by Crippen LogP contribution is 2.24. The molecule has 2 amide bonds. The Bertz CT molecular complexity index is 359. The lowest BCUT2D eigenvalue weighted by molar-refractivity contribution is -0.139. The summed E-state index contributed by atoms with van der Waals surface area (Å²) < 4.78 is 0. The monoisotopic (exact) mass is 271 g/mol. The number of primary amides is 1. The van der Waals surface area contributed by atoms with Crippen molar-refractivity contribution in [3.05, 3.63) is 0 Å². The molecule has 18 heavy (non-hydrogen) atoms. The molecular weight excluding hydrogens is 250 g/mol. The summed E-state index contributed by atoms with van der Waals surface area (Å²) in [5.74, 6) is -1.12. The van der Waals surface area contributed by atoms with Crippen LogP contribution in [0.3, 0.4) is 0 Å². The third-order valence-corrected chi connectivity index (χ3v) is 3.90. The summed E-state index contributed by atoms with van der Waals surface area (Å²) >= 11 is 4.92. The van der Waals surface area contributed by atoms with Crippen molar-refractivity contribution in [3.8, 4) is 0 Å². The van der Waals surface area contributed by atoms with Crippen LogP contribution >= 0.6 is 12.2 Å². The van der Waals surface area contributed by atoms with E-state index in [9.17, 15) is 9.59 Å². The minimum Gasteiger partial charge on any atom is -0.393 e. The van der Waals surface area contributed by atoms with Crippen LogP contribution in [-0.4, -0.2) is 34.3 Å². The van der Waals surface area contributed by atoms with Gasteiger partial charge in [0.15, 0.2) is 0 Å². The van der Waals surface area contributed by atoms with Gasteiger partial charge in [-0.2, -0.15) is 0 Å². The molecule has 3 unspecified atom stereocenters. The largest absolute Gasteiger partial charge is 0.393 e. The predicted molar refractivity (Wildman–Crippen MR) is 73.7 cm³/mol. The maximum Gasteiger partial charge on any atom is 0.232 e. The Balaban J connectivity index is 2.81. The zero-order valence-electron chi connectivity index (χ0n) is 10.9. The molecule has 1 aliphatic rings. The van der Waals surface area contributed by atoms with Crippen LogP contribution in [0.4, 0.5) is 0 Å². The molecule has 0 aliphatic carbocycles. The summed E-state index contributed by atoms with van der Waals surface area (Å²) in [7, 11) is 0. The van der Waals surface area contributed by atoms with E-state index in [-0.39, 0.29) is 28.8 Å². The van der Waals surface area contributed by atoms with Gasteiger partial charge >= 0.3 is 0 Å². The molecule has 5 nitrogen and oxygen atoms in total. The van der Waals surface area contributed by atoms with Gasteiger partial charge in [0.25, 0.3) is 0 Å². The van der Waals surface area contributed by atoms with E-state index >= 15 is 0 Å². The molecular formula is C12H21N3O2S. The van der Waals surface area contributed by atoms with Crippen molar-refractivity contribution in [1.82, 2.24) is 4.90 Å². The molecule has 1 heterocycles. The van der Waals surface area contributed by atoms with Gasteiger partial charge in [-0.15, -0.1) is 0 Å². The topological polar surface area (TPSA) is 89.4 Å². The molecule has 1 rings (SSSR count). The van der Waals surface area contributed by atoms with Crippen molar-refractivity contribution in [2.24, 2.45) is 23.3 Å². The van der Waals surface area contributed by atoms with Gasteiger partial charge in [-0.3, -0.25) is 9.59 Å². The van der Waals surface area contributed by atoms with E-state index in [1.165, 1.54) is 0 Å². The van der Waals surface area contributed by atoms with Crippen LogP contribution in [-0.2, 0) is 9.59 Å². The first kappa shape index (κ1) is 14.9. The molecule has 4 N–H and O–H groups in total. The van der Waals surface area contributed by atoms with Gasteiger partial charge in [-0.1, -0.05) is 19.1 Å². The van der Waals surface area contributed by atoms with Gasteiger partial charge < -0.3 is 16.4 Å². The first-order valence-corrected chi connectivity index (χ1v) is 6.68. The zero-order chi connectivity index (χ0) is 13.9. The maximum atomic E-state index is 12.4. The van der Waals surface area contributed by atoms with Crippen LogP contribution in [0.5, 0.6) is 0 Å². The van der Waals surface area contributed by atoms with Crippen molar-refractivity contribution >= 4 is 29.0 Å². The zero-order valence-corrected chi connectivity index (χ0v) is 11.7. The van der Waals surface area contributed by atoms with Crippen molar-refractivity contribution in [2.75, 3.05) is 6.54 Å². The Morgan fingerprint density at radius 2 is 2.00 bits per heavy atom. The lowest BCUT2D eigenvalue weighted by Gasteiger charge is -2.38. The summed E-state index contributed by atoms with van der Waals surface area (Å²) in [5, 5.41) is 0. The highest BCUT2D eigenvalue weighted by Gasteiger charge is 2.34. The fraction of sp³-hybridized carbons (Fsp3) is 0.750. The molecule has 102 valence electrons. The quantitative estimate of drug-likeness (QED) is 0.725. The first-order chi connectivity index (χ1) is 8.38. The van der Waals surface area contributed by atoms with E-state index in [0.717, 1.165) is 12.8 Å². The van der Waals surface area contributed by atoms with Crippen molar-refractivity contribution in [2.45, 2.75) is 39.2 Å². The average molecular weight is 271 g/mol. The van der Waals surface area contributed by atoms with E-state index in [2.05, 4.69) is 0 Å². The van der Waals surface area contributed by atoms with E-state index in [4.69, 9.17) is 23.7 Å². The number of amides is 2. The Hall–Kier alpha value is -1.17. The Labute approximate surface area is 113 Å². The van der Waals surface area contributed by atoms with E-state index in [0.29, 0.717) is 13.0 Å². The van der Waals surface area contributed by atoms with E-state index < -0.39 is 5.92 Å². The lowest BCUT2D eigenvalue weighted by Crippen LogP contribution is -2.52. The maximum absolute atomic E-state index is 12.4. The summed E-state index contributed by atoms with van der Waals surface area (Å²) in [6.07, 6.45) is 2.11. The molecule has 1 fully saturated rings. The molecule has 0 saturated carbocycles. The number of likely N-dealkylation sites (tertiary alicyclic amines) is 1. The standard InChI is InChI=1S/C12H21N3O2S/c1-3-9(11(14)18)12(17)15-6-8(10(13)16)5-4-7(15)2/h7-9H,3-6H2,1-2H3,(H2,13,16)(H2,14,18). The molecule has 1 saturated heterocycles. The number of nitrogens with zero attached hydrogens (tertiary/aromatic N) is 1. The summed E-state index contributed by atoms with van der Waals surface area (Å²) in [5.41, 5.74) is 10.9. The van der Waals surface area contributed by atoms with Crippen LogP contribution in [0.15, 0.2) is 0 Å². The molecule has 0 spiro atoms. The minimum atomic E-state index is -0.436. The number of nitrogens with two attached hydrogens (primary N) is 2. The smallest absolute Gasteiger partial charge is 0.232 e. The Kier molecular flexibility index (Phi) is 5.07. The summed E-state index contributed by atoms with van der Waals surface area (Å²) in [6, 6.07) is 0.108. The molecule has 0 aromatic rings. The van der Waals surface area contributed by atoms with Crippen LogP contribution in [0, 0.1) is 11.8 Å². The average Bonchev–Trinajstić information content (AvgIpc) is 2.29. The van der Waals surface area contributed by atoms with Crippen LogP contribution in [0.25, 0.3) is 0 Å². The molecule has 0 radical (unpaired) electrons. The molecule has 6 heteroatoms. The second-order valence-electron chi connectivity index (χ2n) is 4.88. The van der Waals surface area contributed by atoms with Crippen LogP contribution in [0.2, 0.25) is 0 Å². The highest BCUT2D eigenvalue weighted by atomic mass is 32.1. The number of carbonyl (C=O) groups excluding carboxylic acids is 2. The van der Waals surface area contributed by atoms with Crippen molar-refractivity contribution in [1.29, 1.82) is 0 Å². The normalized spacial score (nSPS) is 25.6. The van der Waals surface area contributed by atoms with Gasteiger partial charge in [-0.05, 0) is 26.2 Å². The number of hydrogen-bond donors (Lipinski definition) is 2. The third-order valence-electron chi connectivity index (χ3n) is 3.62. The first-order valence-electron chi connectivity index (χ1n) is 6.27. The predicted octanol–water partition coefficient (Wildman–Crippen LogP) is 0.411. The van der Waals surface area contributed by atoms with E-state index in [1.807, 2.05) is 13.8 Å². The summed E-state index contributed by atoms with van der Waals surface area (Å²) in [6.45, 7) is 4.23. The van der Waals surface area contributed by atoms with Crippen molar-refractivity contribution in [3.63, 3.8) is 0 Å². The molecule has 3 atom stereocenters. The number of hydrogen-bond acceptors (Lipinski definition) is 3. The van der Waals surface area contributed by atoms with Gasteiger partial charge in [0.05, 0.1) is 16.8 Å². The minimum absolute atomic E-state index is 0.0801. The molecule has 1 aliphatic heterocycles. The van der Waals surface area contributed by atoms with Gasteiger partial charge in [0, 0.05) is 12.6 Å². The number of piperidine rings is 1. The van der Waals surface area contributed by atoms with Crippen LogP contribution in [0.1, 0.15) is 33.1 Å². The number of rotatable bonds is 4. The summed E-state index contributed by atoms with van der Waals surface area (Å²) in [4.78, 5) is 25.5. The second kappa shape index (κ2) is 6.13. The Morgan fingerprint density at radius 1 is 1.39 bits per heavy atom. The molecule has 0 aromatic carbocycles.